The van der Waals surface area contributed by atoms with Crippen molar-refractivity contribution in [2.75, 3.05) is 0 Å². The predicted molar refractivity (Wildman–Crippen MR) is 52.6 cm³/mol. The molecule has 0 bridgehead atoms. The standard InChI is InChI=1S/C9H10O5S/c1-2-6-3-4-7(9(10)11)5-8(6)15(12,13)14/h3-5H,2H2,1H3,(H,10,11)(H,12,13,14). The fourth-order valence-electron chi connectivity index (χ4n) is 1.22. The SMILES string of the molecule is CCc1ccc(C(=O)O)cc1S(=O)(=O)O. The fourth-order valence-corrected chi connectivity index (χ4v) is 2.04. The van der Waals surface area contributed by atoms with Crippen molar-refractivity contribution < 1.29 is 22.9 Å². The number of aryl methyl sites for hydroxylation is 1. The Hall–Kier alpha value is -1.40. The molecule has 0 aliphatic heterocycles. The molecule has 0 saturated carbocycles. The molecule has 0 unspecified atom stereocenters. The molecule has 15 heavy (non-hydrogen) atoms. The van der Waals surface area contributed by atoms with Gasteiger partial charge in [0.25, 0.3) is 10.1 Å². The third-order valence-corrected chi connectivity index (χ3v) is 2.91. The number of carbonyl (C=O) groups is 1. The molecular formula is C9H10O5S. The molecule has 1 aromatic carbocycles. The Morgan fingerprint density at radius 2 is 2.00 bits per heavy atom. The summed E-state index contributed by atoms with van der Waals surface area (Å²) in [6.07, 6.45) is 0.398. The van der Waals surface area contributed by atoms with Crippen molar-refractivity contribution in [3.05, 3.63) is 29.3 Å². The van der Waals surface area contributed by atoms with Gasteiger partial charge in [-0.2, -0.15) is 8.42 Å². The van der Waals surface area contributed by atoms with Gasteiger partial charge in [-0.05, 0) is 24.1 Å². The van der Waals surface area contributed by atoms with Crippen LogP contribution in [0.25, 0.3) is 0 Å². The average Bonchev–Trinajstić information content (AvgIpc) is 2.15. The molecule has 0 amide bonds. The first-order chi connectivity index (χ1) is 6.86. The molecular weight excluding hydrogens is 220 g/mol. The van der Waals surface area contributed by atoms with Gasteiger partial charge >= 0.3 is 5.97 Å². The number of benzene rings is 1. The normalized spacial score (nSPS) is 11.3. The highest BCUT2D eigenvalue weighted by molar-refractivity contribution is 7.85. The van der Waals surface area contributed by atoms with Gasteiger partial charge in [0.05, 0.1) is 10.5 Å². The van der Waals surface area contributed by atoms with E-state index in [-0.39, 0.29) is 10.5 Å². The molecule has 0 aliphatic carbocycles. The van der Waals surface area contributed by atoms with E-state index in [4.69, 9.17) is 9.66 Å². The van der Waals surface area contributed by atoms with E-state index >= 15 is 0 Å². The molecule has 0 heterocycles. The molecule has 0 saturated heterocycles. The van der Waals surface area contributed by atoms with Crippen LogP contribution >= 0.6 is 0 Å². The van der Waals surface area contributed by atoms with Crippen molar-refractivity contribution in [3.63, 3.8) is 0 Å². The highest BCUT2D eigenvalue weighted by Gasteiger charge is 2.16. The second-order valence-corrected chi connectivity index (χ2v) is 4.35. The number of aromatic carboxylic acids is 1. The van der Waals surface area contributed by atoms with E-state index in [1.54, 1.807) is 6.92 Å². The zero-order valence-electron chi connectivity index (χ0n) is 7.97. The Kier molecular flexibility index (Phi) is 3.11. The van der Waals surface area contributed by atoms with Crippen LogP contribution in [0.1, 0.15) is 22.8 Å². The largest absolute Gasteiger partial charge is 0.478 e. The van der Waals surface area contributed by atoms with E-state index < -0.39 is 16.1 Å². The lowest BCUT2D eigenvalue weighted by atomic mass is 10.1. The van der Waals surface area contributed by atoms with Crippen LogP contribution in [0.3, 0.4) is 0 Å². The Bertz CT molecular complexity index is 489. The van der Waals surface area contributed by atoms with Crippen molar-refractivity contribution in [2.24, 2.45) is 0 Å². The van der Waals surface area contributed by atoms with Gasteiger partial charge in [0.2, 0.25) is 0 Å². The van der Waals surface area contributed by atoms with Crippen molar-refractivity contribution in [3.8, 4) is 0 Å². The number of hydrogen-bond donors (Lipinski definition) is 2. The molecule has 2 N–H and O–H groups in total. The predicted octanol–water partition coefficient (Wildman–Crippen LogP) is 1.19. The number of carboxylic acids is 1. The monoisotopic (exact) mass is 230 g/mol. The second-order valence-electron chi connectivity index (χ2n) is 2.96. The van der Waals surface area contributed by atoms with Crippen LogP contribution in [0.2, 0.25) is 0 Å². The molecule has 0 aromatic heterocycles. The molecule has 0 atom stereocenters. The van der Waals surface area contributed by atoms with Crippen LogP contribution in [0.4, 0.5) is 0 Å². The van der Waals surface area contributed by atoms with Crippen molar-refractivity contribution in [2.45, 2.75) is 18.2 Å². The highest BCUT2D eigenvalue weighted by atomic mass is 32.2. The Balaban J connectivity index is 3.46. The first kappa shape index (κ1) is 11.7. The Morgan fingerprint density at radius 1 is 1.40 bits per heavy atom. The lowest BCUT2D eigenvalue weighted by molar-refractivity contribution is 0.0696. The minimum Gasteiger partial charge on any atom is -0.478 e. The molecule has 0 fully saturated rings. The van der Waals surface area contributed by atoms with Gasteiger partial charge in [0, 0.05) is 0 Å². The first-order valence-electron chi connectivity index (χ1n) is 4.20. The summed E-state index contributed by atoms with van der Waals surface area (Å²) in [6.45, 7) is 1.71. The van der Waals surface area contributed by atoms with Gasteiger partial charge in [0.15, 0.2) is 0 Å². The zero-order chi connectivity index (χ0) is 11.6. The number of carboxylic acid groups (broad SMARTS) is 1. The van der Waals surface area contributed by atoms with E-state index in [0.717, 1.165) is 6.07 Å². The summed E-state index contributed by atoms with van der Waals surface area (Å²) in [7, 11) is -4.36. The molecule has 0 aliphatic rings. The Morgan fingerprint density at radius 3 is 2.40 bits per heavy atom. The quantitative estimate of drug-likeness (QED) is 0.761. The second kappa shape index (κ2) is 4.00. The summed E-state index contributed by atoms with van der Waals surface area (Å²) in [5, 5.41) is 8.66. The number of rotatable bonds is 3. The van der Waals surface area contributed by atoms with Crippen LogP contribution in [-0.2, 0) is 16.5 Å². The third-order valence-electron chi connectivity index (χ3n) is 1.97. The lowest BCUT2D eigenvalue weighted by Gasteiger charge is -2.05. The molecule has 1 rings (SSSR count). The maximum absolute atomic E-state index is 11.0. The average molecular weight is 230 g/mol. The van der Waals surface area contributed by atoms with Gasteiger partial charge < -0.3 is 5.11 Å². The summed E-state index contributed by atoms with van der Waals surface area (Å²) in [5.74, 6) is -1.23. The third kappa shape index (κ3) is 2.54. The van der Waals surface area contributed by atoms with E-state index in [2.05, 4.69) is 0 Å². The minimum atomic E-state index is -4.36. The summed E-state index contributed by atoms with van der Waals surface area (Å²) >= 11 is 0. The van der Waals surface area contributed by atoms with E-state index in [1.807, 2.05) is 0 Å². The molecule has 82 valence electrons. The summed E-state index contributed by atoms with van der Waals surface area (Å²) in [6, 6.07) is 3.64. The lowest BCUT2D eigenvalue weighted by Crippen LogP contribution is -2.06. The van der Waals surface area contributed by atoms with Crippen molar-refractivity contribution in [1.82, 2.24) is 0 Å². The van der Waals surface area contributed by atoms with Gasteiger partial charge in [-0.15, -0.1) is 0 Å². The van der Waals surface area contributed by atoms with Crippen LogP contribution in [0.5, 0.6) is 0 Å². The van der Waals surface area contributed by atoms with Gasteiger partial charge in [-0.3, -0.25) is 4.55 Å². The molecule has 0 radical (unpaired) electrons. The van der Waals surface area contributed by atoms with Crippen LogP contribution in [0, 0.1) is 0 Å². The van der Waals surface area contributed by atoms with Crippen LogP contribution in [0.15, 0.2) is 23.1 Å². The minimum absolute atomic E-state index is 0.167. The smallest absolute Gasteiger partial charge is 0.335 e. The fraction of sp³-hybridized carbons (Fsp3) is 0.222. The first-order valence-corrected chi connectivity index (χ1v) is 5.64. The molecule has 1 aromatic rings. The van der Waals surface area contributed by atoms with Crippen molar-refractivity contribution >= 4 is 16.1 Å². The van der Waals surface area contributed by atoms with Crippen LogP contribution in [-0.4, -0.2) is 24.0 Å². The molecule has 6 heteroatoms. The van der Waals surface area contributed by atoms with E-state index in [9.17, 15) is 13.2 Å². The zero-order valence-corrected chi connectivity index (χ0v) is 8.78. The van der Waals surface area contributed by atoms with E-state index in [0.29, 0.717) is 12.0 Å². The summed E-state index contributed by atoms with van der Waals surface area (Å²) in [5.41, 5.74) is 0.224. The topological polar surface area (TPSA) is 91.7 Å². The molecule has 0 spiro atoms. The van der Waals surface area contributed by atoms with Gasteiger partial charge in [0.1, 0.15) is 0 Å². The molecule has 5 nitrogen and oxygen atoms in total. The maximum atomic E-state index is 11.0. The van der Waals surface area contributed by atoms with E-state index in [1.165, 1.54) is 12.1 Å². The highest BCUT2D eigenvalue weighted by Crippen LogP contribution is 2.18. The summed E-state index contributed by atoms with van der Waals surface area (Å²) < 4.78 is 30.8. The number of hydrogen-bond acceptors (Lipinski definition) is 3. The summed E-state index contributed by atoms with van der Waals surface area (Å²) in [4.78, 5) is 10.3. The van der Waals surface area contributed by atoms with Gasteiger partial charge in [-0.1, -0.05) is 13.0 Å². The maximum Gasteiger partial charge on any atom is 0.335 e. The van der Waals surface area contributed by atoms with Crippen molar-refractivity contribution in [1.29, 1.82) is 0 Å². The Labute approximate surface area is 87.1 Å². The van der Waals surface area contributed by atoms with Crippen LogP contribution < -0.4 is 0 Å². The van der Waals surface area contributed by atoms with Gasteiger partial charge in [-0.25, -0.2) is 4.79 Å².